The summed E-state index contributed by atoms with van der Waals surface area (Å²) >= 11 is 0. The van der Waals surface area contributed by atoms with E-state index >= 15 is 0 Å². The maximum absolute atomic E-state index is 12.5. The van der Waals surface area contributed by atoms with Gasteiger partial charge < -0.3 is 14.6 Å². The van der Waals surface area contributed by atoms with Crippen LogP contribution in [0.25, 0.3) is 0 Å². The molecule has 184 valence electrons. The zero-order chi connectivity index (χ0) is 27.6. The molecule has 1 fully saturated rings. The van der Waals surface area contributed by atoms with Crippen LogP contribution < -0.4 is 11.2 Å². The average molecular weight is 488 g/mol. The van der Waals surface area contributed by atoms with Gasteiger partial charge in [-0.1, -0.05) is 91.0 Å². The fraction of sp³-hybridized carbons (Fsp3) is 0.241. The minimum Gasteiger partial charge on any atom is -0.390 e. The lowest BCUT2D eigenvalue weighted by molar-refractivity contribution is -0.0944. The van der Waals surface area contributed by atoms with Gasteiger partial charge in [0.1, 0.15) is 17.9 Å². The molecule has 36 heavy (non-hydrogen) atoms. The Bertz CT molecular complexity index is 1430. The van der Waals surface area contributed by atoms with Crippen molar-refractivity contribution in [1.82, 2.24) is 9.55 Å². The maximum Gasteiger partial charge on any atom is 0.330 e. The molecule has 7 nitrogen and oxygen atoms in total. The molecule has 3 aromatic carbocycles. The van der Waals surface area contributed by atoms with Crippen LogP contribution in [0.2, 0.25) is 0 Å². The molecule has 4 aromatic rings. The van der Waals surface area contributed by atoms with Crippen molar-refractivity contribution in [2.24, 2.45) is 0 Å². The Hall–Kier alpha value is -3.78. The SMILES string of the molecule is [2H]C([2H])([2H])c1cn(C2CC(O)C(COC(c3ccccc3)(c3ccccc3)c3ccccc3)O2)c(=O)[nH]c1=O. The van der Waals surface area contributed by atoms with Gasteiger partial charge in [-0.05, 0) is 23.5 Å². The number of aromatic amines is 1. The highest BCUT2D eigenvalue weighted by Crippen LogP contribution is 2.41. The van der Waals surface area contributed by atoms with Gasteiger partial charge in [0.05, 0.1) is 12.7 Å². The van der Waals surface area contributed by atoms with E-state index in [1.807, 2.05) is 96.0 Å². The number of nitrogens with zero attached hydrogens (tertiary/aromatic N) is 1. The fourth-order valence-corrected chi connectivity index (χ4v) is 4.71. The van der Waals surface area contributed by atoms with Gasteiger partial charge in [-0.2, -0.15) is 0 Å². The van der Waals surface area contributed by atoms with E-state index in [1.165, 1.54) is 0 Å². The van der Waals surface area contributed by atoms with Crippen LogP contribution in [0.3, 0.4) is 0 Å². The van der Waals surface area contributed by atoms with Crippen molar-refractivity contribution in [3.63, 3.8) is 0 Å². The molecule has 0 spiro atoms. The lowest BCUT2D eigenvalue weighted by Crippen LogP contribution is -2.38. The molecular weight excluding hydrogens is 456 g/mol. The van der Waals surface area contributed by atoms with E-state index in [9.17, 15) is 14.7 Å². The Morgan fingerprint density at radius 1 is 0.972 bits per heavy atom. The van der Waals surface area contributed by atoms with Crippen molar-refractivity contribution in [3.05, 3.63) is 140 Å². The summed E-state index contributed by atoms with van der Waals surface area (Å²) in [5, 5.41) is 10.9. The molecular formula is C29H28N2O5. The summed E-state index contributed by atoms with van der Waals surface area (Å²) in [5.41, 5.74) is -0.723. The van der Waals surface area contributed by atoms with Crippen LogP contribution in [0, 0.1) is 6.85 Å². The van der Waals surface area contributed by atoms with Gasteiger partial charge >= 0.3 is 5.69 Å². The van der Waals surface area contributed by atoms with Crippen molar-refractivity contribution in [1.29, 1.82) is 0 Å². The van der Waals surface area contributed by atoms with Gasteiger partial charge in [-0.15, -0.1) is 0 Å². The van der Waals surface area contributed by atoms with Crippen molar-refractivity contribution in [2.75, 3.05) is 6.61 Å². The van der Waals surface area contributed by atoms with Crippen LogP contribution in [0.4, 0.5) is 0 Å². The van der Waals surface area contributed by atoms with Crippen molar-refractivity contribution >= 4 is 0 Å². The number of aryl methyl sites for hydroxylation is 1. The standard InChI is InChI=1S/C29H28N2O5/c1-20-18-31(28(34)30-27(20)33)26-17-24(32)25(36-26)19-35-29(21-11-5-2-6-12-21,22-13-7-3-8-14-22)23-15-9-4-10-16-23/h2-16,18,24-26,32H,17,19H2,1H3,(H,30,33,34)/i1D3. The number of benzene rings is 3. The molecule has 7 heteroatoms. The first kappa shape index (κ1) is 20.4. The number of aliphatic hydroxyl groups excluding tert-OH is 1. The van der Waals surface area contributed by atoms with Crippen LogP contribution in [0.1, 0.15) is 39.0 Å². The zero-order valence-corrected chi connectivity index (χ0v) is 19.4. The van der Waals surface area contributed by atoms with Gasteiger partial charge in [0.25, 0.3) is 5.56 Å². The number of ether oxygens (including phenoxy) is 2. The second-order valence-electron chi connectivity index (χ2n) is 8.73. The van der Waals surface area contributed by atoms with E-state index in [4.69, 9.17) is 13.6 Å². The monoisotopic (exact) mass is 487 g/mol. The van der Waals surface area contributed by atoms with Crippen LogP contribution in [0.15, 0.2) is 107 Å². The third-order valence-corrected chi connectivity index (χ3v) is 6.49. The Balaban J connectivity index is 1.49. The molecule has 1 aromatic heterocycles. The highest BCUT2D eigenvalue weighted by molar-refractivity contribution is 5.47. The summed E-state index contributed by atoms with van der Waals surface area (Å²) in [6, 6.07) is 29.2. The molecule has 5 rings (SSSR count). The average Bonchev–Trinajstić information content (AvgIpc) is 3.30. The lowest BCUT2D eigenvalue weighted by atomic mass is 9.80. The Morgan fingerprint density at radius 2 is 1.50 bits per heavy atom. The summed E-state index contributed by atoms with van der Waals surface area (Å²) in [6.45, 7) is -2.76. The number of rotatable bonds is 7. The molecule has 2 heterocycles. The summed E-state index contributed by atoms with van der Waals surface area (Å²) in [6.07, 6.45) is -1.84. The molecule has 0 amide bonds. The number of H-pyrrole nitrogens is 1. The number of hydrogen-bond acceptors (Lipinski definition) is 5. The highest BCUT2D eigenvalue weighted by Gasteiger charge is 2.41. The zero-order valence-electron chi connectivity index (χ0n) is 22.4. The predicted octanol–water partition coefficient (Wildman–Crippen LogP) is 3.50. The van der Waals surface area contributed by atoms with E-state index in [-0.39, 0.29) is 13.0 Å². The molecule has 3 atom stereocenters. The summed E-state index contributed by atoms with van der Waals surface area (Å²) in [7, 11) is 0. The largest absolute Gasteiger partial charge is 0.390 e. The first-order valence-electron chi connectivity index (χ1n) is 13.2. The first-order chi connectivity index (χ1) is 18.7. The molecule has 3 unspecified atom stereocenters. The number of hydrogen-bond donors (Lipinski definition) is 2. The van der Waals surface area contributed by atoms with Crippen LogP contribution in [-0.2, 0) is 15.1 Å². The number of nitrogens with one attached hydrogen (secondary N) is 1. The quantitative estimate of drug-likeness (QED) is 0.389. The fourth-order valence-electron chi connectivity index (χ4n) is 4.71. The van der Waals surface area contributed by atoms with Crippen LogP contribution >= 0.6 is 0 Å². The van der Waals surface area contributed by atoms with E-state index in [2.05, 4.69) is 0 Å². The topological polar surface area (TPSA) is 93.6 Å². The molecule has 0 radical (unpaired) electrons. The van der Waals surface area contributed by atoms with Crippen LogP contribution in [0.5, 0.6) is 0 Å². The third kappa shape index (κ3) is 4.44. The predicted molar refractivity (Wildman–Crippen MR) is 136 cm³/mol. The molecule has 1 aliphatic heterocycles. The second kappa shape index (κ2) is 10.1. The van der Waals surface area contributed by atoms with Gasteiger partial charge in [0.2, 0.25) is 0 Å². The highest BCUT2D eigenvalue weighted by atomic mass is 16.6. The normalized spacial score (nSPS) is 21.5. The Morgan fingerprint density at radius 3 is 2.00 bits per heavy atom. The van der Waals surface area contributed by atoms with Gasteiger partial charge in [-0.3, -0.25) is 14.3 Å². The molecule has 2 N–H and O–H groups in total. The van der Waals surface area contributed by atoms with Gasteiger partial charge in [-0.25, -0.2) is 4.79 Å². The summed E-state index contributed by atoms with van der Waals surface area (Å²) in [4.78, 5) is 26.6. The van der Waals surface area contributed by atoms with Gasteiger partial charge in [0, 0.05) is 22.3 Å². The van der Waals surface area contributed by atoms with E-state index < -0.39 is 47.7 Å². The Labute approximate surface area is 212 Å². The van der Waals surface area contributed by atoms with Gasteiger partial charge in [0.15, 0.2) is 0 Å². The molecule has 0 aliphatic carbocycles. The minimum absolute atomic E-state index is 0.00935. The van der Waals surface area contributed by atoms with E-state index in [0.717, 1.165) is 27.5 Å². The smallest absolute Gasteiger partial charge is 0.330 e. The molecule has 1 saturated heterocycles. The van der Waals surface area contributed by atoms with Crippen molar-refractivity contribution in [2.45, 2.75) is 37.3 Å². The summed E-state index contributed by atoms with van der Waals surface area (Å²) in [5.74, 6) is 0. The third-order valence-electron chi connectivity index (χ3n) is 6.49. The molecule has 0 saturated carbocycles. The maximum atomic E-state index is 12.5. The molecule has 1 aliphatic rings. The Kier molecular flexibility index (Phi) is 5.71. The molecule has 0 bridgehead atoms. The van der Waals surface area contributed by atoms with Crippen LogP contribution in [-0.4, -0.2) is 33.5 Å². The first-order valence-corrected chi connectivity index (χ1v) is 11.7. The number of aliphatic hydroxyl groups is 1. The van der Waals surface area contributed by atoms with Crippen molar-refractivity contribution in [3.8, 4) is 0 Å². The van der Waals surface area contributed by atoms with Crippen molar-refractivity contribution < 1.29 is 18.7 Å². The second-order valence-corrected chi connectivity index (χ2v) is 8.73. The minimum atomic E-state index is -2.72. The number of aromatic nitrogens is 2. The van der Waals surface area contributed by atoms with E-state index in [0.29, 0.717) is 0 Å². The lowest BCUT2D eigenvalue weighted by Gasteiger charge is -2.37. The van der Waals surface area contributed by atoms with E-state index in [1.54, 1.807) is 0 Å². The summed E-state index contributed by atoms with van der Waals surface area (Å²) < 4.78 is 36.6.